The molecule has 7 heteroatoms. The van der Waals surface area contributed by atoms with Gasteiger partial charge in [0.15, 0.2) is 5.78 Å². The molecule has 0 spiro atoms. The minimum absolute atomic E-state index is 0.00457. The number of hydrogen-bond acceptors (Lipinski definition) is 4. The maximum absolute atomic E-state index is 13.0. The number of sulfonamides is 1. The fourth-order valence-electron chi connectivity index (χ4n) is 3.85. The fourth-order valence-corrected chi connectivity index (χ4v) is 4.91. The summed E-state index contributed by atoms with van der Waals surface area (Å²) in [5.41, 5.74) is 4.31. The van der Waals surface area contributed by atoms with Crippen molar-refractivity contribution in [1.29, 1.82) is 0 Å². The summed E-state index contributed by atoms with van der Waals surface area (Å²) in [5, 5.41) is 2.80. The first-order valence-electron chi connectivity index (χ1n) is 12.2. The van der Waals surface area contributed by atoms with Gasteiger partial charge >= 0.3 is 0 Å². The molecule has 0 aliphatic carbocycles. The lowest BCUT2D eigenvalue weighted by molar-refractivity contribution is 0.102. The predicted octanol–water partition coefficient (Wildman–Crippen LogP) is 6.58. The number of ketones is 1. The van der Waals surface area contributed by atoms with E-state index in [4.69, 9.17) is 0 Å². The van der Waals surface area contributed by atoms with Gasteiger partial charge in [-0.15, -0.1) is 0 Å². The van der Waals surface area contributed by atoms with Gasteiger partial charge in [0.25, 0.3) is 15.9 Å². The highest BCUT2D eigenvalue weighted by Crippen LogP contribution is 2.24. The summed E-state index contributed by atoms with van der Waals surface area (Å²) in [6.07, 6.45) is 0. The quantitative estimate of drug-likeness (QED) is 0.266. The number of rotatable bonds is 7. The molecule has 0 fully saturated rings. The summed E-state index contributed by atoms with van der Waals surface area (Å²) in [4.78, 5) is 26.0. The highest BCUT2D eigenvalue weighted by molar-refractivity contribution is 7.92. The lowest BCUT2D eigenvalue weighted by atomic mass is 9.86. The van der Waals surface area contributed by atoms with Crippen molar-refractivity contribution in [3.05, 3.63) is 125 Å². The monoisotopic (exact) mass is 526 g/mol. The molecule has 0 unspecified atom stereocenters. The molecule has 0 radical (unpaired) electrons. The lowest BCUT2D eigenvalue weighted by Gasteiger charge is -2.19. The number of nitrogens with one attached hydrogen (secondary N) is 2. The minimum Gasteiger partial charge on any atom is -0.322 e. The molecule has 6 nitrogen and oxygen atoms in total. The third-order valence-electron chi connectivity index (χ3n) is 6.13. The van der Waals surface area contributed by atoms with Gasteiger partial charge in [-0.25, -0.2) is 8.42 Å². The summed E-state index contributed by atoms with van der Waals surface area (Å²) >= 11 is 0. The van der Waals surface area contributed by atoms with E-state index in [0.29, 0.717) is 28.1 Å². The molecule has 0 aliphatic rings. The molecule has 0 atom stereocenters. The normalized spacial score (nSPS) is 11.6. The summed E-state index contributed by atoms with van der Waals surface area (Å²) in [6, 6.07) is 27.0. The van der Waals surface area contributed by atoms with Gasteiger partial charge in [-0.2, -0.15) is 0 Å². The molecule has 4 aromatic carbocycles. The average molecular weight is 527 g/mol. The van der Waals surface area contributed by atoms with Gasteiger partial charge in [-0.1, -0.05) is 74.9 Å². The van der Waals surface area contributed by atoms with Gasteiger partial charge in [0.1, 0.15) is 0 Å². The van der Waals surface area contributed by atoms with E-state index in [-0.39, 0.29) is 22.0 Å². The van der Waals surface area contributed by atoms with E-state index in [1.165, 1.54) is 24.3 Å². The van der Waals surface area contributed by atoms with Crippen LogP contribution in [0.5, 0.6) is 0 Å². The number of aryl methyl sites for hydroxylation is 1. The SMILES string of the molecule is Cc1ccc(S(=O)(=O)Nc2ccc(C(=O)Nc3cccc(C(=O)c4ccc(C(C)(C)C)cc4)c3)cc2)cc1. The van der Waals surface area contributed by atoms with Gasteiger partial charge in [0.2, 0.25) is 0 Å². The zero-order valence-corrected chi connectivity index (χ0v) is 22.6. The molecule has 0 aliphatic heterocycles. The van der Waals surface area contributed by atoms with Crippen molar-refractivity contribution >= 4 is 33.1 Å². The zero-order valence-electron chi connectivity index (χ0n) is 21.8. The van der Waals surface area contributed by atoms with Crippen molar-refractivity contribution in [3.8, 4) is 0 Å². The van der Waals surface area contributed by atoms with Crippen LogP contribution in [0.3, 0.4) is 0 Å². The third-order valence-corrected chi connectivity index (χ3v) is 7.52. The van der Waals surface area contributed by atoms with E-state index in [9.17, 15) is 18.0 Å². The van der Waals surface area contributed by atoms with E-state index < -0.39 is 10.0 Å². The number of benzene rings is 4. The van der Waals surface area contributed by atoms with Crippen molar-refractivity contribution in [2.45, 2.75) is 38.0 Å². The van der Waals surface area contributed by atoms with Crippen molar-refractivity contribution in [2.75, 3.05) is 10.0 Å². The molecular weight excluding hydrogens is 496 g/mol. The standard InChI is InChI=1S/C31H30N2O4S/c1-21-8-18-28(19-9-21)38(36,37)33-26-16-12-23(13-17-26)30(35)32-27-7-5-6-24(20-27)29(34)22-10-14-25(15-11-22)31(2,3)4/h5-20,33H,1-4H3,(H,32,35). The van der Waals surface area contributed by atoms with Crippen molar-refractivity contribution in [2.24, 2.45) is 0 Å². The second-order valence-electron chi connectivity index (χ2n) is 10.2. The van der Waals surface area contributed by atoms with Gasteiger partial charge in [0.05, 0.1) is 4.90 Å². The first-order valence-corrected chi connectivity index (χ1v) is 13.7. The van der Waals surface area contributed by atoms with Crippen LogP contribution < -0.4 is 10.0 Å². The molecule has 2 N–H and O–H groups in total. The van der Waals surface area contributed by atoms with Gasteiger partial charge < -0.3 is 5.32 Å². The van der Waals surface area contributed by atoms with Crippen molar-refractivity contribution in [3.63, 3.8) is 0 Å². The van der Waals surface area contributed by atoms with Crippen LogP contribution in [0.15, 0.2) is 102 Å². The maximum Gasteiger partial charge on any atom is 0.261 e. The number of carbonyl (C=O) groups is 2. The largest absolute Gasteiger partial charge is 0.322 e. The Balaban J connectivity index is 1.43. The van der Waals surface area contributed by atoms with E-state index in [1.54, 1.807) is 48.5 Å². The third kappa shape index (κ3) is 6.36. The van der Waals surface area contributed by atoms with E-state index in [0.717, 1.165) is 11.1 Å². The van der Waals surface area contributed by atoms with Crippen LogP contribution in [0.4, 0.5) is 11.4 Å². The summed E-state index contributed by atoms with van der Waals surface area (Å²) < 4.78 is 27.7. The lowest BCUT2D eigenvalue weighted by Crippen LogP contribution is -2.14. The molecule has 0 bridgehead atoms. The molecule has 0 heterocycles. The van der Waals surface area contributed by atoms with E-state index in [2.05, 4.69) is 30.8 Å². The fraction of sp³-hybridized carbons (Fsp3) is 0.161. The average Bonchev–Trinajstić information content (AvgIpc) is 2.88. The molecule has 194 valence electrons. The van der Waals surface area contributed by atoms with Crippen LogP contribution in [-0.4, -0.2) is 20.1 Å². The Kier molecular flexibility index (Phi) is 7.51. The molecule has 1 amide bonds. The van der Waals surface area contributed by atoms with E-state index >= 15 is 0 Å². The number of hydrogen-bond donors (Lipinski definition) is 2. The van der Waals surface area contributed by atoms with Crippen molar-refractivity contribution < 1.29 is 18.0 Å². The van der Waals surface area contributed by atoms with Crippen LogP contribution in [0.2, 0.25) is 0 Å². The van der Waals surface area contributed by atoms with Crippen LogP contribution in [0.25, 0.3) is 0 Å². The molecule has 0 aromatic heterocycles. The molecule has 4 rings (SSSR count). The maximum atomic E-state index is 13.0. The number of anilines is 2. The Labute approximate surface area is 223 Å². The second kappa shape index (κ2) is 10.6. The van der Waals surface area contributed by atoms with Gasteiger partial charge in [-0.05, 0) is 66.4 Å². The smallest absolute Gasteiger partial charge is 0.261 e. The van der Waals surface area contributed by atoms with Gasteiger partial charge in [0, 0.05) is 28.1 Å². The Morgan fingerprint density at radius 1 is 0.684 bits per heavy atom. The van der Waals surface area contributed by atoms with Crippen molar-refractivity contribution in [1.82, 2.24) is 0 Å². The first-order chi connectivity index (χ1) is 17.9. The van der Waals surface area contributed by atoms with Crippen LogP contribution in [0, 0.1) is 6.92 Å². The van der Waals surface area contributed by atoms with Crippen LogP contribution in [-0.2, 0) is 15.4 Å². The van der Waals surface area contributed by atoms with Crippen LogP contribution >= 0.6 is 0 Å². The minimum atomic E-state index is -3.74. The Morgan fingerprint density at radius 2 is 1.29 bits per heavy atom. The molecular formula is C31H30N2O4S. The second-order valence-corrected chi connectivity index (χ2v) is 11.9. The highest BCUT2D eigenvalue weighted by Gasteiger charge is 2.17. The Hall–Kier alpha value is -4.23. The Morgan fingerprint density at radius 3 is 1.89 bits per heavy atom. The Bertz CT molecular complexity index is 1570. The number of amides is 1. The summed E-state index contributed by atoms with van der Waals surface area (Å²) in [7, 11) is -3.74. The number of carbonyl (C=O) groups excluding carboxylic acids is 2. The summed E-state index contributed by atoms with van der Waals surface area (Å²) in [6.45, 7) is 8.24. The molecule has 38 heavy (non-hydrogen) atoms. The summed E-state index contributed by atoms with van der Waals surface area (Å²) in [5.74, 6) is -0.510. The predicted molar refractivity (Wildman–Crippen MR) is 151 cm³/mol. The van der Waals surface area contributed by atoms with Gasteiger partial charge in [-0.3, -0.25) is 14.3 Å². The topological polar surface area (TPSA) is 92.3 Å². The molecule has 4 aromatic rings. The highest BCUT2D eigenvalue weighted by atomic mass is 32.2. The zero-order chi connectivity index (χ0) is 27.5. The van der Waals surface area contributed by atoms with Crippen LogP contribution in [0.1, 0.15) is 58.2 Å². The van der Waals surface area contributed by atoms with E-state index in [1.807, 2.05) is 31.2 Å². The molecule has 0 saturated carbocycles. The molecule has 0 saturated heterocycles. The first kappa shape index (κ1) is 26.8.